The van der Waals surface area contributed by atoms with E-state index in [9.17, 15) is 9.59 Å². The van der Waals surface area contributed by atoms with E-state index in [0.717, 1.165) is 25.3 Å². The molecule has 1 aliphatic rings. The molecule has 1 aliphatic heterocycles. The third-order valence-electron chi connectivity index (χ3n) is 5.29. The van der Waals surface area contributed by atoms with E-state index in [1.807, 2.05) is 24.3 Å². The van der Waals surface area contributed by atoms with Gasteiger partial charge in [0.1, 0.15) is 5.76 Å². The molecule has 1 aromatic carbocycles. The molecule has 7 heteroatoms. The number of nitrogens with zero attached hydrogens (tertiary/aromatic N) is 2. The molecule has 2 amide bonds. The second kappa shape index (κ2) is 9.37. The molecule has 0 fully saturated rings. The van der Waals surface area contributed by atoms with Crippen molar-refractivity contribution in [3.8, 4) is 0 Å². The molecule has 1 atom stereocenters. The largest absolute Gasteiger partial charge is 0.468 e. The predicted molar refractivity (Wildman–Crippen MR) is 111 cm³/mol. The zero-order valence-corrected chi connectivity index (χ0v) is 16.6. The highest BCUT2D eigenvalue weighted by Crippen LogP contribution is 2.27. The molecule has 3 heterocycles. The van der Waals surface area contributed by atoms with Gasteiger partial charge in [0.05, 0.1) is 24.5 Å². The van der Waals surface area contributed by atoms with Gasteiger partial charge in [0.25, 0.3) is 0 Å². The summed E-state index contributed by atoms with van der Waals surface area (Å²) < 4.78 is 5.63. The highest BCUT2D eigenvalue weighted by Gasteiger charge is 2.27. The summed E-state index contributed by atoms with van der Waals surface area (Å²) >= 11 is 0. The molecule has 30 heavy (non-hydrogen) atoms. The molecule has 3 aromatic rings. The summed E-state index contributed by atoms with van der Waals surface area (Å²) in [4.78, 5) is 30.9. The summed E-state index contributed by atoms with van der Waals surface area (Å²) in [5, 5.41) is 5.35. The summed E-state index contributed by atoms with van der Waals surface area (Å²) in [5.74, 6) is -0.577. The number of benzene rings is 1. The average molecular weight is 404 g/mol. The van der Waals surface area contributed by atoms with Crippen LogP contribution < -0.4 is 10.6 Å². The lowest BCUT2D eigenvalue weighted by molar-refractivity contribution is -0.139. The van der Waals surface area contributed by atoms with Gasteiger partial charge in [-0.2, -0.15) is 0 Å². The van der Waals surface area contributed by atoms with Crippen LogP contribution in [0.3, 0.4) is 0 Å². The van der Waals surface area contributed by atoms with Gasteiger partial charge in [0.2, 0.25) is 0 Å². The van der Waals surface area contributed by atoms with Crippen molar-refractivity contribution >= 4 is 11.8 Å². The van der Waals surface area contributed by atoms with Gasteiger partial charge in [-0.15, -0.1) is 0 Å². The number of aromatic nitrogens is 1. The zero-order chi connectivity index (χ0) is 20.8. The number of amides is 2. The Morgan fingerprint density at radius 2 is 1.80 bits per heavy atom. The molecule has 0 radical (unpaired) electrons. The van der Waals surface area contributed by atoms with Crippen LogP contribution in [0.5, 0.6) is 0 Å². The van der Waals surface area contributed by atoms with Gasteiger partial charge in [-0.25, -0.2) is 0 Å². The van der Waals surface area contributed by atoms with Gasteiger partial charge in [-0.3, -0.25) is 19.5 Å². The fourth-order valence-electron chi connectivity index (χ4n) is 3.70. The van der Waals surface area contributed by atoms with Crippen LogP contribution in [-0.4, -0.2) is 34.8 Å². The Hall–Kier alpha value is -3.45. The normalized spacial score (nSPS) is 14.5. The summed E-state index contributed by atoms with van der Waals surface area (Å²) in [6.45, 7) is 2.11. The van der Waals surface area contributed by atoms with Gasteiger partial charge in [-0.1, -0.05) is 30.3 Å². The highest BCUT2D eigenvalue weighted by atomic mass is 16.3. The summed E-state index contributed by atoms with van der Waals surface area (Å²) in [6, 6.07) is 17.4. The maximum Gasteiger partial charge on any atom is 0.309 e. The van der Waals surface area contributed by atoms with Crippen molar-refractivity contribution in [2.75, 3.05) is 13.1 Å². The minimum atomic E-state index is -0.678. The van der Waals surface area contributed by atoms with Crippen LogP contribution >= 0.6 is 0 Å². The number of hydrogen-bond donors (Lipinski definition) is 2. The van der Waals surface area contributed by atoms with Crippen LogP contribution in [0.1, 0.15) is 28.6 Å². The van der Waals surface area contributed by atoms with E-state index in [-0.39, 0.29) is 19.1 Å². The highest BCUT2D eigenvalue weighted by molar-refractivity contribution is 6.35. The van der Waals surface area contributed by atoms with Gasteiger partial charge in [0, 0.05) is 25.8 Å². The van der Waals surface area contributed by atoms with Gasteiger partial charge in [0.15, 0.2) is 0 Å². The van der Waals surface area contributed by atoms with Crippen molar-refractivity contribution in [3.63, 3.8) is 0 Å². The number of carbonyl (C=O) groups excluding carboxylic acids is 2. The average Bonchev–Trinajstić information content (AvgIpc) is 3.32. The molecule has 2 N–H and O–H groups in total. The Morgan fingerprint density at radius 3 is 2.57 bits per heavy atom. The topological polar surface area (TPSA) is 87.5 Å². The third-order valence-corrected chi connectivity index (χ3v) is 5.29. The Bertz CT molecular complexity index is 989. The van der Waals surface area contributed by atoms with Crippen LogP contribution in [0.15, 0.2) is 71.5 Å². The first kappa shape index (κ1) is 19.8. The number of pyridine rings is 1. The molecule has 0 aliphatic carbocycles. The van der Waals surface area contributed by atoms with Crippen LogP contribution in [0.2, 0.25) is 0 Å². The number of carbonyl (C=O) groups is 2. The molecule has 2 aromatic heterocycles. The van der Waals surface area contributed by atoms with Crippen molar-refractivity contribution in [2.24, 2.45) is 0 Å². The number of hydrogen-bond acceptors (Lipinski definition) is 5. The van der Waals surface area contributed by atoms with E-state index >= 15 is 0 Å². The molecule has 0 saturated heterocycles. The van der Waals surface area contributed by atoms with Gasteiger partial charge >= 0.3 is 11.8 Å². The molecule has 154 valence electrons. The number of nitrogens with one attached hydrogen (secondary N) is 2. The Balaban J connectivity index is 1.37. The number of fused-ring (bicyclic) bond motifs is 1. The molecule has 0 saturated carbocycles. The van der Waals surface area contributed by atoms with Crippen molar-refractivity contribution in [3.05, 3.63) is 89.6 Å². The summed E-state index contributed by atoms with van der Waals surface area (Å²) in [5.41, 5.74) is 3.32. The smallest absolute Gasteiger partial charge is 0.309 e. The Kier molecular flexibility index (Phi) is 6.20. The number of furan rings is 1. The minimum Gasteiger partial charge on any atom is -0.468 e. The molecular formula is C23H24N4O3. The van der Waals surface area contributed by atoms with Crippen molar-refractivity contribution in [2.45, 2.75) is 25.6 Å². The first-order valence-electron chi connectivity index (χ1n) is 10.0. The van der Waals surface area contributed by atoms with E-state index in [1.54, 1.807) is 24.6 Å². The van der Waals surface area contributed by atoms with Gasteiger partial charge < -0.3 is 15.1 Å². The van der Waals surface area contributed by atoms with Crippen LogP contribution in [0, 0.1) is 0 Å². The molecule has 0 bridgehead atoms. The molecule has 4 rings (SSSR count). The van der Waals surface area contributed by atoms with E-state index < -0.39 is 11.8 Å². The third kappa shape index (κ3) is 4.75. The summed E-state index contributed by atoms with van der Waals surface area (Å²) in [6.07, 6.45) is 4.21. The molecule has 7 nitrogen and oxygen atoms in total. The fourth-order valence-corrected chi connectivity index (χ4v) is 3.70. The van der Waals surface area contributed by atoms with Crippen molar-refractivity contribution < 1.29 is 14.0 Å². The lowest BCUT2D eigenvalue weighted by Gasteiger charge is -2.34. The van der Waals surface area contributed by atoms with E-state index in [4.69, 9.17) is 4.42 Å². The second-order valence-corrected chi connectivity index (χ2v) is 7.23. The van der Waals surface area contributed by atoms with Crippen molar-refractivity contribution in [1.29, 1.82) is 0 Å². The minimum absolute atomic E-state index is 0.152. The van der Waals surface area contributed by atoms with Crippen LogP contribution in [-0.2, 0) is 29.1 Å². The standard InChI is InChI=1S/C23H24N4O3/c28-22(25-14-19-8-3-4-11-24-19)23(29)26-15-20(21-9-5-13-30-21)27-12-10-17-6-1-2-7-18(17)16-27/h1-9,11,13,20H,10,12,14-16H2,(H,25,28)(H,26,29)/t20-/m1/s1. The second-order valence-electron chi connectivity index (χ2n) is 7.23. The maximum atomic E-state index is 12.3. The quantitative estimate of drug-likeness (QED) is 0.615. The lowest BCUT2D eigenvalue weighted by atomic mass is 9.98. The molecular weight excluding hydrogens is 380 g/mol. The molecule has 0 unspecified atom stereocenters. The van der Waals surface area contributed by atoms with Crippen LogP contribution in [0.25, 0.3) is 0 Å². The predicted octanol–water partition coefficient (Wildman–Crippen LogP) is 2.21. The molecule has 0 spiro atoms. The van der Waals surface area contributed by atoms with Crippen molar-refractivity contribution in [1.82, 2.24) is 20.5 Å². The van der Waals surface area contributed by atoms with E-state index in [2.05, 4.69) is 38.7 Å². The SMILES string of the molecule is O=C(NCc1ccccn1)C(=O)NC[C@H](c1ccco1)N1CCc2ccccc2C1. The summed E-state index contributed by atoms with van der Waals surface area (Å²) in [7, 11) is 0. The number of rotatable bonds is 6. The lowest BCUT2D eigenvalue weighted by Crippen LogP contribution is -2.45. The van der Waals surface area contributed by atoms with Gasteiger partial charge in [-0.05, 0) is 41.8 Å². The first-order valence-corrected chi connectivity index (χ1v) is 10.0. The Labute approximate surface area is 175 Å². The van der Waals surface area contributed by atoms with E-state index in [0.29, 0.717) is 5.69 Å². The fraction of sp³-hybridized carbons (Fsp3) is 0.261. The Morgan fingerprint density at radius 1 is 1.00 bits per heavy atom. The monoisotopic (exact) mass is 404 g/mol. The van der Waals surface area contributed by atoms with Crippen LogP contribution in [0.4, 0.5) is 0 Å². The van der Waals surface area contributed by atoms with E-state index in [1.165, 1.54) is 11.1 Å². The maximum absolute atomic E-state index is 12.3. The zero-order valence-electron chi connectivity index (χ0n) is 16.6. The first-order chi connectivity index (χ1) is 14.7.